The SMILES string of the molecule is CC[C@H](C(=O)NC1CCCC1)N(Cc1ccco1)C(=O)Cn1nnc(-c2ccc(C)cc2)n1. The van der Waals surface area contributed by atoms with Crippen molar-refractivity contribution in [2.45, 2.75) is 71.1 Å². The maximum atomic E-state index is 13.3. The highest BCUT2D eigenvalue weighted by molar-refractivity contribution is 5.87. The molecule has 9 heteroatoms. The molecule has 9 nitrogen and oxygen atoms in total. The van der Waals surface area contributed by atoms with E-state index >= 15 is 0 Å². The van der Waals surface area contributed by atoms with Gasteiger partial charge < -0.3 is 14.6 Å². The van der Waals surface area contributed by atoms with E-state index < -0.39 is 6.04 Å². The molecule has 1 fully saturated rings. The van der Waals surface area contributed by atoms with Gasteiger partial charge in [-0.05, 0) is 43.5 Å². The Morgan fingerprint density at radius 1 is 1.21 bits per heavy atom. The third kappa shape index (κ3) is 5.66. The van der Waals surface area contributed by atoms with E-state index in [1.165, 1.54) is 4.80 Å². The van der Waals surface area contributed by atoms with Crippen LogP contribution < -0.4 is 5.32 Å². The molecule has 1 aliphatic carbocycles. The summed E-state index contributed by atoms with van der Waals surface area (Å²) in [7, 11) is 0. The van der Waals surface area contributed by atoms with E-state index in [0.717, 1.165) is 36.8 Å². The highest BCUT2D eigenvalue weighted by Crippen LogP contribution is 2.20. The fraction of sp³-hybridized carbons (Fsp3) is 0.458. The smallest absolute Gasteiger partial charge is 0.247 e. The second-order valence-electron chi connectivity index (χ2n) is 8.52. The number of aryl methyl sites for hydroxylation is 1. The van der Waals surface area contributed by atoms with E-state index in [9.17, 15) is 9.59 Å². The van der Waals surface area contributed by atoms with E-state index in [2.05, 4.69) is 20.7 Å². The normalized spacial score (nSPS) is 14.8. The average Bonchev–Trinajstić information content (AvgIpc) is 3.57. The monoisotopic (exact) mass is 450 g/mol. The van der Waals surface area contributed by atoms with Crippen molar-refractivity contribution in [3.8, 4) is 11.4 Å². The van der Waals surface area contributed by atoms with Gasteiger partial charge in [0.05, 0.1) is 12.8 Å². The molecule has 0 radical (unpaired) electrons. The lowest BCUT2D eigenvalue weighted by molar-refractivity contribution is -0.142. The van der Waals surface area contributed by atoms with Gasteiger partial charge in [0.2, 0.25) is 17.6 Å². The molecule has 33 heavy (non-hydrogen) atoms. The molecule has 2 amide bonds. The van der Waals surface area contributed by atoms with Crippen LogP contribution in [0.5, 0.6) is 0 Å². The van der Waals surface area contributed by atoms with Crippen LogP contribution in [0.25, 0.3) is 11.4 Å². The molecule has 0 aliphatic heterocycles. The molecule has 1 N–H and O–H groups in total. The van der Waals surface area contributed by atoms with Crippen molar-refractivity contribution in [2.75, 3.05) is 0 Å². The van der Waals surface area contributed by atoms with Gasteiger partial charge in [-0.3, -0.25) is 9.59 Å². The number of carbonyl (C=O) groups excluding carboxylic acids is 2. The fourth-order valence-corrected chi connectivity index (χ4v) is 4.20. The highest BCUT2D eigenvalue weighted by Gasteiger charge is 2.31. The number of amides is 2. The molecule has 4 rings (SSSR count). The third-order valence-electron chi connectivity index (χ3n) is 6.03. The molecular weight excluding hydrogens is 420 g/mol. The highest BCUT2D eigenvalue weighted by atomic mass is 16.3. The summed E-state index contributed by atoms with van der Waals surface area (Å²) in [4.78, 5) is 29.3. The van der Waals surface area contributed by atoms with Crippen LogP contribution in [0.4, 0.5) is 0 Å². The van der Waals surface area contributed by atoms with Crippen LogP contribution in [0.2, 0.25) is 0 Å². The number of nitrogens with one attached hydrogen (secondary N) is 1. The number of furan rings is 1. The van der Waals surface area contributed by atoms with Crippen molar-refractivity contribution in [1.29, 1.82) is 0 Å². The summed E-state index contributed by atoms with van der Waals surface area (Å²) < 4.78 is 5.47. The predicted molar refractivity (Wildman–Crippen MR) is 122 cm³/mol. The first kappa shape index (κ1) is 22.7. The zero-order valence-electron chi connectivity index (χ0n) is 19.1. The fourth-order valence-electron chi connectivity index (χ4n) is 4.20. The number of benzene rings is 1. The first-order valence-electron chi connectivity index (χ1n) is 11.5. The number of hydrogen-bond donors (Lipinski definition) is 1. The van der Waals surface area contributed by atoms with Crippen LogP contribution in [0.15, 0.2) is 47.1 Å². The average molecular weight is 451 g/mol. The Morgan fingerprint density at radius 3 is 2.64 bits per heavy atom. The van der Waals surface area contributed by atoms with Crippen molar-refractivity contribution >= 4 is 11.8 Å². The van der Waals surface area contributed by atoms with Gasteiger partial charge in [-0.15, -0.1) is 10.2 Å². The maximum absolute atomic E-state index is 13.3. The van der Waals surface area contributed by atoms with Gasteiger partial charge in [-0.2, -0.15) is 4.80 Å². The van der Waals surface area contributed by atoms with Crippen molar-refractivity contribution in [3.63, 3.8) is 0 Å². The van der Waals surface area contributed by atoms with Crippen LogP contribution in [0.3, 0.4) is 0 Å². The van der Waals surface area contributed by atoms with Crippen LogP contribution >= 0.6 is 0 Å². The number of aromatic nitrogens is 4. The second kappa shape index (κ2) is 10.4. The molecule has 0 spiro atoms. The lowest BCUT2D eigenvalue weighted by Gasteiger charge is -2.30. The molecule has 0 saturated heterocycles. The number of carbonyl (C=O) groups is 2. The Balaban J connectivity index is 1.50. The predicted octanol–water partition coefficient (Wildman–Crippen LogP) is 3.11. The number of rotatable bonds is 9. The topological polar surface area (TPSA) is 106 Å². The van der Waals surface area contributed by atoms with Gasteiger partial charge in [-0.25, -0.2) is 0 Å². The molecule has 0 bridgehead atoms. The summed E-state index contributed by atoms with van der Waals surface area (Å²) in [5.41, 5.74) is 1.96. The van der Waals surface area contributed by atoms with E-state index in [4.69, 9.17) is 4.42 Å². The van der Waals surface area contributed by atoms with Crippen molar-refractivity contribution in [3.05, 3.63) is 54.0 Å². The van der Waals surface area contributed by atoms with Crippen LogP contribution in [0.1, 0.15) is 50.4 Å². The molecule has 3 aromatic rings. The van der Waals surface area contributed by atoms with Crippen LogP contribution in [-0.2, 0) is 22.7 Å². The van der Waals surface area contributed by atoms with E-state index in [1.807, 2.05) is 38.1 Å². The van der Waals surface area contributed by atoms with E-state index in [-0.39, 0.29) is 30.9 Å². The Hall–Kier alpha value is -3.49. The van der Waals surface area contributed by atoms with Gasteiger partial charge in [0.15, 0.2) is 0 Å². The quantitative estimate of drug-likeness (QED) is 0.537. The molecule has 1 aromatic carbocycles. The van der Waals surface area contributed by atoms with Gasteiger partial charge >= 0.3 is 0 Å². The molecule has 174 valence electrons. The first-order chi connectivity index (χ1) is 16.0. The minimum atomic E-state index is -0.608. The summed E-state index contributed by atoms with van der Waals surface area (Å²) in [6.07, 6.45) is 6.27. The van der Waals surface area contributed by atoms with Gasteiger partial charge in [-0.1, -0.05) is 49.6 Å². The Morgan fingerprint density at radius 2 is 1.97 bits per heavy atom. The van der Waals surface area contributed by atoms with E-state index in [1.54, 1.807) is 23.3 Å². The van der Waals surface area contributed by atoms with Crippen molar-refractivity contribution in [1.82, 2.24) is 30.4 Å². The number of nitrogens with zero attached hydrogens (tertiary/aromatic N) is 5. The second-order valence-corrected chi connectivity index (χ2v) is 8.52. The molecule has 2 heterocycles. The lowest BCUT2D eigenvalue weighted by Crippen LogP contribution is -2.51. The molecule has 1 saturated carbocycles. The first-order valence-corrected chi connectivity index (χ1v) is 11.5. The summed E-state index contributed by atoms with van der Waals surface area (Å²) in [6, 6.07) is 10.9. The minimum absolute atomic E-state index is 0.118. The third-order valence-corrected chi connectivity index (χ3v) is 6.03. The standard InChI is InChI=1S/C24H30N6O3/c1-3-21(24(32)25-19-7-4-5-8-19)29(15-20-9-6-14-33-20)22(31)16-30-27-23(26-28-30)18-12-10-17(2)11-13-18/h6,9-14,19,21H,3-5,7-8,15-16H2,1-2H3,(H,25,32)/t21-/m1/s1. The van der Waals surface area contributed by atoms with Crippen molar-refractivity contribution < 1.29 is 14.0 Å². The molecule has 0 unspecified atom stereocenters. The Bertz CT molecular complexity index is 1050. The number of hydrogen-bond acceptors (Lipinski definition) is 6. The Labute approximate surface area is 193 Å². The zero-order valence-corrected chi connectivity index (χ0v) is 19.1. The lowest BCUT2D eigenvalue weighted by atomic mass is 10.1. The van der Waals surface area contributed by atoms with Gasteiger partial charge in [0.1, 0.15) is 18.3 Å². The maximum Gasteiger partial charge on any atom is 0.247 e. The number of tetrazole rings is 1. The summed E-state index contributed by atoms with van der Waals surface area (Å²) in [5.74, 6) is 0.664. The molecule has 2 aromatic heterocycles. The van der Waals surface area contributed by atoms with Gasteiger partial charge in [0, 0.05) is 11.6 Å². The van der Waals surface area contributed by atoms with E-state index in [0.29, 0.717) is 18.0 Å². The molecule has 1 aliphatic rings. The summed E-state index contributed by atoms with van der Waals surface area (Å²) in [5, 5.41) is 15.6. The molecular formula is C24H30N6O3. The van der Waals surface area contributed by atoms with Crippen molar-refractivity contribution in [2.24, 2.45) is 0 Å². The van der Waals surface area contributed by atoms with Crippen LogP contribution in [-0.4, -0.2) is 49.0 Å². The summed E-state index contributed by atoms with van der Waals surface area (Å²) in [6.45, 7) is 3.99. The molecule has 1 atom stereocenters. The van der Waals surface area contributed by atoms with Crippen LogP contribution in [0, 0.1) is 6.92 Å². The zero-order chi connectivity index (χ0) is 23.2. The largest absolute Gasteiger partial charge is 0.467 e. The van der Waals surface area contributed by atoms with Gasteiger partial charge in [0.25, 0.3) is 0 Å². The minimum Gasteiger partial charge on any atom is -0.467 e. The Kier molecular flexibility index (Phi) is 7.16. The summed E-state index contributed by atoms with van der Waals surface area (Å²) >= 11 is 0.